The lowest BCUT2D eigenvalue weighted by molar-refractivity contribution is 0.0922. The van der Waals surface area contributed by atoms with Gasteiger partial charge in [-0.05, 0) is 27.7 Å². The average Bonchev–Trinajstić information content (AvgIpc) is 3.06. The van der Waals surface area contributed by atoms with E-state index in [0.717, 1.165) is 34.7 Å². The Morgan fingerprint density at radius 3 is 2.83 bits per heavy atom. The Hall–Kier alpha value is -2.15. The second kappa shape index (κ2) is 6.16. The first-order valence-corrected chi connectivity index (χ1v) is 7.87. The number of hydrogen-bond donors (Lipinski definition) is 1. The van der Waals surface area contributed by atoms with E-state index < -0.39 is 0 Å². The van der Waals surface area contributed by atoms with Crippen molar-refractivity contribution in [3.05, 3.63) is 34.0 Å². The van der Waals surface area contributed by atoms with Crippen LogP contribution in [0.5, 0.6) is 0 Å². The quantitative estimate of drug-likeness (QED) is 0.933. The van der Waals surface area contributed by atoms with Crippen molar-refractivity contribution in [2.75, 3.05) is 6.61 Å². The van der Waals surface area contributed by atoms with Gasteiger partial charge in [-0.15, -0.1) is 0 Å². The first-order valence-electron chi connectivity index (χ1n) is 7.87. The summed E-state index contributed by atoms with van der Waals surface area (Å²) in [6.07, 6.45) is 0.789. The van der Waals surface area contributed by atoms with Gasteiger partial charge >= 0.3 is 0 Å². The molecule has 7 heteroatoms. The molecule has 0 unspecified atom stereocenters. The SMILES string of the molecule is Cc1noc(C)c1CNC(=O)c1nn(C(C)C)c2c1COCC2. The van der Waals surface area contributed by atoms with Gasteiger partial charge in [0, 0.05) is 35.8 Å². The van der Waals surface area contributed by atoms with Gasteiger partial charge in [0.25, 0.3) is 5.91 Å². The molecule has 0 atom stereocenters. The second-order valence-corrected chi connectivity index (χ2v) is 6.10. The van der Waals surface area contributed by atoms with Crippen LogP contribution in [-0.2, 0) is 24.3 Å². The molecule has 0 saturated carbocycles. The maximum atomic E-state index is 12.6. The number of carbonyl (C=O) groups excluding carboxylic acids is 1. The zero-order valence-corrected chi connectivity index (χ0v) is 14.0. The van der Waals surface area contributed by atoms with Crippen LogP contribution in [0.1, 0.15) is 58.7 Å². The molecule has 1 aliphatic rings. The van der Waals surface area contributed by atoms with E-state index in [1.54, 1.807) is 0 Å². The van der Waals surface area contributed by atoms with E-state index in [1.807, 2.05) is 18.5 Å². The number of aromatic nitrogens is 3. The molecule has 0 spiro atoms. The molecule has 124 valence electrons. The van der Waals surface area contributed by atoms with E-state index in [0.29, 0.717) is 25.5 Å². The Morgan fingerprint density at radius 2 is 2.17 bits per heavy atom. The Morgan fingerprint density at radius 1 is 1.39 bits per heavy atom. The third-order valence-electron chi connectivity index (χ3n) is 4.16. The van der Waals surface area contributed by atoms with E-state index in [1.165, 1.54) is 0 Å². The van der Waals surface area contributed by atoms with Crippen molar-refractivity contribution in [1.82, 2.24) is 20.3 Å². The van der Waals surface area contributed by atoms with Crippen molar-refractivity contribution < 1.29 is 14.1 Å². The van der Waals surface area contributed by atoms with Crippen LogP contribution in [0.3, 0.4) is 0 Å². The molecule has 2 aromatic rings. The van der Waals surface area contributed by atoms with E-state index in [9.17, 15) is 4.79 Å². The first kappa shape index (κ1) is 15.7. The lowest BCUT2D eigenvalue weighted by Crippen LogP contribution is -2.25. The minimum Gasteiger partial charge on any atom is -0.376 e. The number of amides is 1. The summed E-state index contributed by atoms with van der Waals surface area (Å²) in [5, 5.41) is 11.3. The number of rotatable bonds is 4. The molecule has 1 aliphatic heterocycles. The minimum absolute atomic E-state index is 0.189. The number of ether oxygens (including phenoxy) is 1. The predicted molar refractivity (Wildman–Crippen MR) is 83.1 cm³/mol. The molecule has 3 rings (SSSR count). The smallest absolute Gasteiger partial charge is 0.272 e. The van der Waals surface area contributed by atoms with Crippen LogP contribution in [0.15, 0.2) is 4.52 Å². The highest BCUT2D eigenvalue weighted by molar-refractivity contribution is 5.94. The fourth-order valence-electron chi connectivity index (χ4n) is 2.88. The first-order chi connectivity index (χ1) is 11.0. The lowest BCUT2D eigenvalue weighted by atomic mass is 10.1. The van der Waals surface area contributed by atoms with Gasteiger partial charge < -0.3 is 14.6 Å². The fourth-order valence-corrected chi connectivity index (χ4v) is 2.88. The lowest BCUT2D eigenvalue weighted by Gasteiger charge is -2.16. The molecule has 0 radical (unpaired) electrons. The molecule has 2 aromatic heterocycles. The summed E-state index contributed by atoms with van der Waals surface area (Å²) >= 11 is 0. The molecule has 1 N–H and O–H groups in total. The fraction of sp³-hybridized carbons (Fsp3) is 0.562. The Bertz CT molecular complexity index is 711. The molecule has 0 aliphatic carbocycles. The van der Waals surface area contributed by atoms with Crippen molar-refractivity contribution in [2.24, 2.45) is 0 Å². The number of fused-ring (bicyclic) bond motifs is 1. The van der Waals surface area contributed by atoms with Gasteiger partial charge in [-0.2, -0.15) is 5.10 Å². The monoisotopic (exact) mass is 318 g/mol. The van der Waals surface area contributed by atoms with Gasteiger partial charge in [0.05, 0.1) is 18.9 Å². The maximum Gasteiger partial charge on any atom is 0.272 e. The van der Waals surface area contributed by atoms with Crippen molar-refractivity contribution in [1.29, 1.82) is 0 Å². The van der Waals surface area contributed by atoms with Gasteiger partial charge in [-0.3, -0.25) is 9.48 Å². The molecule has 0 fully saturated rings. The highest BCUT2D eigenvalue weighted by Crippen LogP contribution is 2.24. The van der Waals surface area contributed by atoms with Crippen LogP contribution >= 0.6 is 0 Å². The van der Waals surface area contributed by atoms with Crippen LogP contribution in [0, 0.1) is 13.8 Å². The van der Waals surface area contributed by atoms with Gasteiger partial charge in [-0.1, -0.05) is 5.16 Å². The van der Waals surface area contributed by atoms with Gasteiger partial charge in [0.1, 0.15) is 5.76 Å². The van der Waals surface area contributed by atoms with Crippen LogP contribution in [0.25, 0.3) is 0 Å². The van der Waals surface area contributed by atoms with Crippen molar-refractivity contribution in [3.8, 4) is 0 Å². The Labute approximate surface area is 135 Å². The molecular formula is C16H22N4O3. The second-order valence-electron chi connectivity index (χ2n) is 6.10. The minimum atomic E-state index is -0.189. The van der Waals surface area contributed by atoms with E-state index in [-0.39, 0.29) is 11.9 Å². The number of carbonyl (C=O) groups is 1. The van der Waals surface area contributed by atoms with Gasteiger partial charge in [0.2, 0.25) is 0 Å². The number of nitrogens with one attached hydrogen (secondary N) is 1. The molecule has 7 nitrogen and oxygen atoms in total. The zero-order chi connectivity index (χ0) is 16.6. The zero-order valence-electron chi connectivity index (χ0n) is 14.0. The normalized spacial score (nSPS) is 14.1. The Kier molecular flexibility index (Phi) is 4.21. The molecule has 0 saturated heterocycles. The van der Waals surface area contributed by atoms with Crippen molar-refractivity contribution in [3.63, 3.8) is 0 Å². The molecule has 3 heterocycles. The summed E-state index contributed by atoms with van der Waals surface area (Å²) < 4.78 is 12.6. The van der Waals surface area contributed by atoms with Crippen molar-refractivity contribution >= 4 is 5.91 Å². The highest BCUT2D eigenvalue weighted by atomic mass is 16.5. The van der Waals surface area contributed by atoms with Gasteiger partial charge in [-0.25, -0.2) is 0 Å². The third kappa shape index (κ3) is 2.88. The van der Waals surface area contributed by atoms with Crippen molar-refractivity contribution in [2.45, 2.75) is 53.3 Å². The highest BCUT2D eigenvalue weighted by Gasteiger charge is 2.26. The van der Waals surface area contributed by atoms with Crippen LogP contribution in [0.4, 0.5) is 0 Å². The summed E-state index contributed by atoms with van der Waals surface area (Å²) in [4.78, 5) is 12.6. The topological polar surface area (TPSA) is 82.2 Å². The summed E-state index contributed by atoms with van der Waals surface area (Å²) in [7, 11) is 0. The number of aryl methyl sites for hydroxylation is 2. The summed E-state index contributed by atoms with van der Waals surface area (Å²) in [5.41, 5.74) is 4.17. The molecule has 1 amide bonds. The summed E-state index contributed by atoms with van der Waals surface area (Å²) in [6, 6.07) is 0.214. The predicted octanol–water partition coefficient (Wildman–Crippen LogP) is 2.07. The van der Waals surface area contributed by atoms with Gasteiger partial charge in [0.15, 0.2) is 5.69 Å². The molecule has 0 aromatic carbocycles. The standard InChI is InChI=1S/C16H22N4O3/c1-9(2)20-14-5-6-22-8-13(14)15(18-20)16(21)17-7-12-10(3)19-23-11(12)4/h9H,5-8H2,1-4H3,(H,17,21). The summed E-state index contributed by atoms with van der Waals surface area (Å²) in [6.45, 7) is 9.32. The molecular weight excluding hydrogens is 296 g/mol. The van der Waals surface area contributed by atoms with E-state index in [2.05, 4.69) is 29.4 Å². The number of nitrogens with zero attached hydrogens (tertiary/aromatic N) is 3. The van der Waals surface area contributed by atoms with Crippen LogP contribution in [0.2, 0.25) is 0 Å². The molecule has 23 heavy (non-hydrogen) atoms. The Balaban J connectivity index is 1.82. The van der Waals surface area contributed by atoms with E-state index in [4.69, 9.17) is 9.26 Å². The van der Waals surface area contributed by atoms with Crippen LogP contribution in [-0.4, -0.2) is 27.5 Å². The summed E-state index contributed by atoms with van der Waals surface area (Å²) in [5.74, 6) is 0.534. The number of hydrogen-bond acceptors (Lipinski definition) is 5. The third-order valence-corrected chi connectivity index (χ3v) is 4.16. The largest absolute Gasteiger partial charge is 0.376 e. The van der Waals surface area contributed by atoms with Crippen LogP contribution < -0.4 is 5.32 Å². The maximum absolute atomic E-state index is 12.6. The average molecular weight is 318 g/mol. The van der Waals surface area contributed by atoms with E-state index >= 15 is 0 Å². The molecule has 0 bridgehead atoms.